The molecule has 0 aromatic heterocycles. The van der Waals surface area contributed by atoms with Gasteiger partial charge < -0.3 is 52.5 Å². The fraction of sp³-hybridized carbons (Fsp3) is 0.280. The van der Waals surface area contributed by atoms with Crippen LogP contribution in [0.5, 0.6) is 0 Å². The lowest BCUT2D eigenvalue weighted by molar-refractivity contribution is -0.391. The van der Waals surface area contributed by atoms with Crippen molar-refractivity contribution < 1.29 is 71.7 Å². The zero-order valence-electron chi connectivity index (χ0n) is 34.9. The summed E-state index contributed by atoms with van der Waals surface area (Å²) in [5.41, 5.74) is 1.23. The molecule has 15 nitrogen and oxygen atoms in total. The van der Waals surface area contributed by atoms with Gasteiger partial charge in [0, 0.05) is 5.56 Å². The van der Waals surface area contributed by atoms with Crippen LogP contribution in [0.2, 0.25) is 0 Å². The van der Waals surface area contributed by atoms with Crippen LogP contribution in [0.4, 0.5) is 0 Å². The lowest BCUT2D eigenvalue weighted by atomic mass is 9.95. The van der Waals surface area contributed by atoms with Gasteiger partial charge in [0.2, 0.25) is 0 Å². The summed E-state index contributed by atoms with van der Waals surface area (Å²) < 4.78 is 62.2. The number of benzene rings is 5. The monoisotopic (exact) mass is 886 g/mol. The molecule has 0 bridgehead atoms. The number of aliphatic hydroxyl groups excluding tert-OH is 1. The van der Waals surface area contributed by atoms with Crippen LogP contribution in [0.1, 0.15) is 53.3 Å². The summed E-state index contributed by atoms with van der Waals surface area (Å²) in [6.45, 7) is 3.08. The Bertz CT molecular complexity index is 2350. The van der Waals surface area contributed by atoms with Crippen molar-refractivity contribution in [1.82, 2.24) is 0 Å². The van der Waals surface area contributed by atoms with Crippen molar-refractivity contribution in [2.45, 2.75) is 67.7 Å². The van der Waals surface area contributed by atoms with Crippen molar-refractivity contribution in [3.63, 3.8) is 0 Å². The Morgan fingerprint density at radius 2 is 1.05 bits per heavy atom. The minimum absolute atomic E-state index is 0.0156. The highest BCUT2D eigenvalue weighted by atomic mass is 16.8. The first-order valence-electron chi connectivity index (χ1n) is 21.0. The van der Waals surface area contributed by atoms with Crippen LogP contribution >= 0.6 is 0 Å². The molecule has 0 spiro atoms. The van der Waals surface area contributed by atoms with E-state index in [4.69, 9.17) is 47.4 Å². The maximum Gasteiger partial charge on any atom is 0.338 e. The number of hydrogen-bond donors (Lipinski definition) is 1. The average molecular weight is 887 g/mol. The standard InChI is InChI=1S/C50H46O15/c1-2-28-56-49-38(51)41(39-37(59-49)30-58-48(64-39)35-26-16-7-17-27-35)65-50-43(63-47(55)34-24-14-6-15-25-34)42(62-46(54)33-22-12-5-13-23-33)40(61-45(53)32-20-10-4-11-21-32)36(60-50)29-57-44(52)31-18-8-3-9-19-31/h2-27,36-43,48-51H,1,28-30H2/t36-,37-,38-,39-,40-,41-,42+,43-,48?,49-,50+/m1/s1. The van der Waals surface area contributed by atoms with E-state index in [0.29, 0.717) is 5.56 Å². The maximum atomic E-state index is 14.1. The number of rotatable bonds is 15. The van der Waals surface area contributed by atoms with E-state index in [-0.39, 0.29) is 35.5 Å². The molecular formula is C50H46O15. The molecule has 0 radical (unpaired) electrons. The SMILES string of the molecule is C=CCO[C@@H]1O[C@@H]2COC(c3ccccc3)O[C@H]2[C@H](O[C@@H]2O[C@H](COC(=O)c3ccccc3)[C@@H](OC(=O)c3ccccc3)[C@H](OC(=O)c3ccccc3)[C@H]2OC(=O)c2ccccc2)[C@H]1O. The van der Waals surface area contributed by atoms with Crippen LogP contribution in [0, 0.1) is 0 Å². The summed E-state index contributed by atoms with van der Waals surface area (Å²) in [5.74, 6) is -3.39. The third-order valence-electron chi connectivity index (χ3n) is 10.8. The molecule has 8 rings (SSSR count). The number of esters is 4. The van der Waals surface area contributed by atoms with Crippen LogP contribution in [-0.4, -0.2) is 110 Å². The van der Waals surface area contributed by atoms with E-state index >= 15 is 0 Å². The van der Waals surface area contributed by atoms with Crippen molar-refractivity contribution in [3.8, 4) is 0 Å². The molecule has 336 valence electrons. The fourth-order valence-electron chi connectivity index (χ4n) is 7.59. The lowest BCUT2D eigenvalue weighted by Gasteiger charge is -2.50. The predicted octanol–water partition coefficient (Wildman–Crippen LogP) is 6.03. The summed E-state index contributed by atoms with van der Waals surface area (Å²) in [6.07, 6.45) is -14.0. The first kappa shape index (κ1) is 45.0. The first-order chi connectivity index (χ1) is 31.8. The topological polar surface area (TPSA) is 181 Å². The Balaban J connectivity index is 1.21. The Labute approximate surface area is 374 Å². The molecule has 5 aromatic rings. The molecule has 3 heterocycles. The molecule has 1 N–H and O–H groups in total. The zero-order valence-corrected chi connectivity index (χ0v) is 34.9. The van der Waals surface area contributed by atoms with E-state index < -0.39 is 98.2 Å². The molecule has 3 aliphatic heterocycles. The summed E-state index contributed by atoms with van der Waals surface area (Å²) >= 11 is 0. The van der Waals surface area contributed by atoms with Gasteiger partial charge >= 0.3 is 23.9 Å². The third kappa shape index (κ3) is 10.9. The van der Waals surface area contributed by atoms with Gasteiger partial charge in [-0.2, -0.15) is 0 Å². The number of carbonyl (C=O) groups is 4. The second kappa shape index (κ2) is 21.4. The highest BCUT2D eigenvalue weighted by Gasteiger charge is 2.57. The molecule has 15 heteroatoms. The third-order valence-corrected chi connectivity index (χ3v) is 10.8. The summed E-state index contributed by atoms with van der Waals surface area (Å²) in [5, 5.41) is 12.0. The van der Waals surface area contributed by atoms with Crippen molar-refractivity contribution >= 4 is 23.9 Å². The van der Waals surface area contributed by atoms with Crippen LogP contribution in [-0.2, 0) is 47.4 Å². The highest BCUT2D eigenvalue weighted by molar-refractivity contribution is 5.91. The molecule has 0 saturated carbocycles. The van der Waals surface area contributed by atoms with Gasteiger partial charge in [-0.3, -0.25) is 0 Å². The van der Waals surface area contributed by atoms with Gasteiger partial charge in [-0.05, 0) is 48.5 Å². The molecule has 3 aliphatic rings. The van der Waals surface area contributed by atoms with Crippen molar-refractivity contribution in [2.75, 3.05) is 19.8 Å². The second-order valence-electron chi connectivity index (χ2n) is 15.1. The number of hydrogen-bond acceptors (Lipinski definition) is 15. The van der Waals surface area contributed by atoms with E-state index in [1.54, 1.807) is 84.9 Å². The number of fused-ring (bicyclic) bond motifs is 1. The van der Waals surface area contributed by atoms with Gasteiger partial charge in [0.15, 0.2) is 37.2 Å². The quantitative estimate of drug-likeness (QED) is 0.0731. The minimum atomic E-state index is -1.76. The Morgan fingerprint density at radius 3 is 1.57 bits per heavy atom. The maximum absolute atomic E-state index is 14.1. The summed E-state index contributed by atoms with van der Waals surface area (Å²) in [7, 11) is 0. The van der Waals surface area contributed by atoms with Crippen molar-refractivity contribution in [1.29, 1.82) is 0 Å². The van der Waals surface area contributed by atoms with Crippen LogP contribution < -0.4 is 0 Å². The Kier molecular flexibility index (Phi) is 14.8. The van der Waals surface area contributed by atoms with E-state index in [9.17, 15) is 24.3 Å². The first-order valence-corrected chi connectivity index (χ1v) is 21.0. The molecule has 5 aromatic carbocycles. The van der Waals surface area contributed by atoms with Crippen LogP contribution in [0.15, 0.2) is 164 Å². The van der Waals surface area contributed by atoms with E-state index in [1.165, 1.54) is 42.5 Å². The van der Waals surface area contributed by atoms with Crippen LogP contribution in [0.3, 0.4) is 0 Å². The van der Waals surface area contributed by atoms with E-state index in [2.05, 4.69) is 6.58 Å². The molecular weight excluding hydrogens is 841 g/mol. The van der Waals surface area contributed by atoms with E-state index in [1.807, 2.05) is 30.3 Å². The average Bonchev–Trinajstić information content (AvgIpc) is 3.36. The van der Waals surface area contributed by atoms with Gasteiger partial charge in [0.05, 0.1) is 35.5 Å². The number of aliphatic hydroxyl groups is 1. The Hall–Kier alpha value is -6.56. The smallest absolute Gasteiger partial charge is 0.338 e. The second-order valence-corrected chi connectivity index (χ2v) is 15.1. The highest BCUT2D eigenvalue weighted by Crippen LogP contribution is 2.39. The number of carbonyl (C=O) groups excluding carboxylic acids is 4. The van der Waals surface area contributed by atoms with E-state index in [0.717, 1.165) is 0 Å². The van der Waals surface area contributed by atoms with Crippen molar-refractivity contribution in [3.05, 3.63) is 192 Å². The molecule has 11 atom stereocenters. The van der Waals surface area contributed by atoms with Gasteiger partial charge in [-0.25, -0.2) is 19.2 Å². The van der Waals surface area contributed by atoms with Gasteiger partial charge in [-0.15, -0.1) is 6.58 Å². The van der Waals surface area contributed by atoms with Crippen molar-refractivity contribution in [2.24, 2.45) is 0 Å². The molecule has 65 heavy (non-hydrogen) atoms. The lowest BCUT2D eigenvalue weighted by Crippen LogP contribution is -2.67. The predicted molar refractivity (Wildman–Crippen MR) is 228 cm³/mol. The van der Waals surface area contributed by atoms with Gasteiger partial charge in [-0.1, -0.05) is 109 Å². The largest absolute Gasteiger partial charge is 0.459 e. The fourth-order valence-corrected chi connectivity index (χ4v) is 7.59. The summed E-state index contributed by atoms with van der Waals surface area (Å²) in [6, 6.07) is 41.2. The minimum Gasteiger partial charge on any atom is -0.459 e. The number of ether oxygens (including phenoxy) is 10. The molecule has 0 amide bonds. The normalized spacial score (nSPS) is 27.2. The molecule has 3 saturated heterocycles. The van der Waals surface area contributed by atoms with Gasteiger partial charge in [0.1, 0.15) is 37.1 Å². The molecule has 3 fully saturated rings. The molecule has 1 unspecified atom stereocenters. The molecule has 0 aliphatic carbocycles. The zero-order chi connectivity index (χ0) is 45.1. The Morgan fingerprint density at radius 1 is 0.569 bits per heavy atom. The van der Waals surface area contributed by atoms with Crippen LogP contribution in [0.25, 0.3) is 0 Å². The summed E-state index contributed by atoms with van der Waals surface area (Å²) in [4.78, 5) is 55.7. The van der Waals surface area contributed by atoms with Gasteiger partial charge in [0.25, 0.3) is 0 Å².